The first-order valence-corrected chi connectivity index (χ1v) is 7.71. The van der Waals surface area contributed by atoms with Crippen LogP contribution < -0.4 is 0 Å². The van der Waals surface area contributed by atoms with Crippen molar-refractivity contribution in [2.75, 3.05) is 19.7 Å². The molecule has 1 aromatic carbocycles. The van der Waals surface area contributed by atoms with Gasteiger partial charge in [0, 0.05) is 11.6 Å². The fourth-order valence-corrected chi connectivity index (χ4v) is 2.46. The van der Waals surface area contributed by atoms with Gasteiger partial charge in [-0.15, -0.1) is 0 Å². The maximum Gasteiger partial charge on any atom is 0.333 e. The van der Waals surface area contributed by atoms with Crippen LogP contribution >= 0.6 is 0 Å². The average Bonchev–Trinajstić information content (AvgIpc) is 2.51. The van der Waals surface area contributed by atoms with Gasteiger partial charge in [-0.2, -0.15) is 0 Å². The van der Waals surface area contributed by atoms with Gasteiger partial charge in [0.15, 0.2) is 0 Å². The van der Waals surface area contributed by atoms with Crippen molar-refractivity contribution in [2.24, 2.45) is 0 Å². The first-order chi connectivity index (χ1) is 10.1. The Hall–Kier alpha value is -1.61. The van der Waals surface area contributed by atoms with E-state index in [9.17, 15) is 4.79 Å². The van der Waals surface area contributed by atoms with Crippen LogP contribution in [0.4, 0.5) is 0 Å². The lowest BCUT2D eigenvalue weighted by atomic mass is 10.0. The zero-order valence-corrected chi connectivity index (χ0v) is 13.5. The highest BCUT2D eigenvalue weighted by Gasteiger charge is 2.17. The predicted molar refractivity (Wildman–Crippen MR) is 87.1 cm³/mol. The Morgan fingerprint density at radius 3 is 2.38 bits per heavy atom. The Kier molecular flexibility index (Phi) is 7.76. The molecule has 0 radical (unpaired) electrons. The van der Waals surface area contributed by atoms with E-state index in [4.69, 9.17) is 4.74 Å². The van der Waals surface area contributed by atoms with Gasteiger partial charge in [0.1, 0.15) is 0 Å². The van der Waals surface area contributed by atoms with Gasteiger partial charge in [0.2, 0.25) is 0 Å². The minimum atomic E-state index is -0.297. The minimum absolute atomic E-state index is 0.297. The second-order valence-electron chi connectivity index (χ2n) is 5.21. The highest BCUT2D eigenvalue weighted by atomic mass is 16.5. The van der Waals surface area contributed by atoms with Crippen LogP contribution in [0.2, 0.25) is 0 Å². The molecular formula is C18H27NO2. The maximum absolute atomic E-state index is 11.4. The minimum Gasteiger partial charge on any atom is -0.462 e. The third-order valence-corrected chi connectivity index (χ3v) is 3.64. The van der Waals surface area contributed by atoms with Gasteiger partial charge in [-0.3, -0.25) is 4.90 Å². The lowest BCUT2D eigenvalue weighted by molar-refractivity contribution is -0.139. The first-order valence-electron chi connectivity index (χ1n) is 7.71. The van der Waals surface area contributed by atoms with Crippen molar-refractivity contribution in [1.82, 2.24) is 4.90 Å². The molecule has 0 fully saturated rings. The number of hydrogen-bond acceptors (Lipinski definition) is 3. The molecule has 0 bridgehead atoms. The number of benzene rings is 1. The predicted octanol–water partition coefficient (Wildman–Crippen LogP) is 3.97. The molecular weight excluding hydrogens is 262 g/mol. The van der Waals surface area contributed by atoms with Crippen molar-refractivity contribution in [3.63, 3.8) is 0 Å². The lowest BCUT2D eigenvalue weighted by Crippen LogP contribution is -2.28. The van der Waals surface area contributed by atoms with Crippen molar-refractivity contribution < 1.29 is 9.53 Å². The van der Waals surface area contributed by atoms with Crippen LogP contribution in [-0.4, -0.2) is 30.6 Å². The number of nitrogens with zero attached hydrogens (tertiary/aromatic N) is 1. The van der Waals surface area contributed by atoms with Gasteiger partial charge in [-0.1, -0.05) is 50.8 Å². The van der Waals surface area contributed by atoms with Gasteiger partial charge in [0.05, 0.1) is 6.61 Å². The van der Waals surface area contributed by atoms with Gasteiger partial charge in [0.25, 0.3) is 0 Å². The smallest absolute Gasteiger partial charge is 0.333 e. The van der Waals surface area contributed by atoms with E-state index in [-0.39, 0.29) is 5.97 Å². The van der Waals surface area contributed by atoms with E-state index in [1.807, 2.05) is 6.07 Å². The number of rotatable bonds is 9. The SMILES string of the molecule is C=C(C)C(=O)OCCCC(c1ccccc1)N(CC)CC. The van der Waals surface area contributed by atoms with Crippen molar-refractivity contribution in [3.05, 3.63) is 48.0 Å². The highest BCUT2D eigenvalue weighted by Crippen LogP contribution is 2.25. The molecule has 0 aromatic heterocycles. The molecule has 0 amide bonds. The summed E-state index contributed by atoms with van der Waals surface area (Å²) in [6.45, 7) is 12.1. The standard InChI is InChI=1S/C18H27NO2/c1-5-19(6-2)17(16-11-8-7-9-12-16)13-10-14-21-18(20)15(3)4/h7-9,11-12,17H,3,5-6,10,13-14H2,1-2,4H3. The van der Waals surface area contributed by atoms with E-state index in [1.165, 1.54) is 5.56 Å². The zero-order chi connectivity index (χ0) is 15.7. The van der Waals surface area contributed by atoms with Gasteiger partial charge in [-0.05, 0) is 38.4 Å². The number of carbonyl (C=O) groups is 1. The molecule has 0 saturated heterocycles. The molecule has 1 unspecified atom stereocenters. The summed E-state index contributed by atoms with van der Waals surface area (Å²) in [5, 5.41) is 0. The summed E-state index contributed by atoms with van der Waals surface area (Å²) in [5.74, 6) is -0.297. The number of carbonyl (C=O) groups excluding carboxylic acids is 1. The van der Waals surface area contributed by atoms with E-state index in [2.05, 4.69) is 49.6 Å². The van der Waals surface area contributed by atoms with Crippen LogP contribution in [0.1, 0.15) is 45.2 Å². The van der Waals surface area contributed by atoms with Crippen molar-refractivity contribution in [2.45, 2.75) is 39.7 Å². The zero-order valence-electron chi connectivity index (χ0n) is 13.5. The Morgan fingerprint density at radius 1 is 1.24 bits per heavy atom. The summed E-state index contributed by atoms with van der Waals surface area (Å²) in [7, 11) is 0. The van der Waals surface area contributed by atoms with E-state index >= 15 is 0 Å². The molecule has 116 valence electrons. The van der Waals surface area contributed by atoms with Crippen molar-refractivity contribution in [1.29, 1.82) is 0 Å². The summed E-state index contributed by atoms with van der Waals surface area (Å²) >= 11 is 0. The second-order valence-corrected chi connectivity index (χ2v) is 5.21. The summed E-state index contributed by atoms with van der Waals surface area (Å²) in [6, 6.07) is 10.9. The molecule has 0 aliphatic carbocycles. The monoisotopic (exact) mass is 289 g/mol. The van der Waals surface area contributed by atoms with Crippen LogP contribution in [-0.2, 0) is 9.53 Å². The summed E-state index contributed by atoms with van der Waals surface area (Å²) in [5.41, 5.74) is 1.78. The van der Waals surface area contributed by atoms with E-state index < -0.39 is 0 Å². The quantitative estimate of drug-likeness (QED) is 0.391. The Balaban J connectivity index is 2.58. The topological polar surface area (TPSA) is 29.5 Å². The molecule has 1 atom stereocenters. The highest BCUT2D eigenvalue weighted by molar-refractivity contribution is 5.86. The normalized spacial score (nSPS) is 12.2. The van der Waals surface area contributed by atoms with Gasteiger partial charge in [-0.25, -0.2) is 4.79 Å². The summed E-state index contributed by atoms with van der Waals surface area (Å²) < 4.78 is 5.18. The molecule has 0 aliphatic rings. The Bertz CT molecular complexity index is 438. The fourth-order valence-electron chi connectivity index (χ4n) is 2.46. The second kappa shape index (κ2) is 9.35. The van der Waals surface area contributed by atoms with Crippen LogP contribution in [0.15, 0.2) is 42.5 Å². The van der Waals surface area contributed by atoms with Crippen molar-refractivity contribution in [3.8, 4) is 0 Å². The Morgan fingerprint density at radius 2 is 1.86 bits per heavy atom. The number of esters is 1. The molecule has 1 rings (SSSR count). The number of ether oxygens (including phenoxy) is 1. The molecule has 0 heterocycles. The lowest BCUT2D eigenvalue weighted by Gasteiger charge is -2.30. The van der Waals surface area contributed by atoms with E-state index in [1.54, 1.807) is 6.92 Å². The van der Waals surface area contributed by atoms with Crippen LogP contribution in [0.5, 0.6) is 0 Å². The third kappa shape index (κ3) is 5.72. The van der Waals surface area contributed by atoms with Crippen LogP contribution in [0.3, 0.4) is 0 Å². The number of hydrogen-bond donors (Lipinski definition) is 0. The molecule has 21 heavy (non-hydrogen) atoms. The Labute approximate surface area is 128 Å². The van der Waals surface area contributed by atoms with Gasteiger partial charge < -0.3 is 4.74 Å². The van der Waals surface area contributed by atoms with Crippen LogP contribution in [0, 0.1) is 0 Å². The molecule has 0 aliphatic heterocycles. The third-order valence-electron chi connectivity index (χ3n) is 3.64. The largest absolute Gasteiger partial charge is 0.462 e. The molecule has 3 nitrogen and oxygen atoms in total. The molecule has 0 spiro atoms. The molecule has 0 saturated carbocycles. The molecule has 0 N–H and O–H groups in total. The van der Waals surface area contributed by atoms with E-state index in [0.717, 1.165) is 25.9 Å². The summed E-state index contributed by atoms with van der Waals surface area (Å²) in [4.78, 5) is 13.8. The fraction of sp³-hybridized carbons (Fsp3) is 0.500. The van der Waals surface area contributed by atoms with Gasteiger partial charge >= 0.3 is 5.97 Å². The average molecular weight is 289 g/mol. The summed E-state index contributed by atoms with van der Waals surface area (Å²) in [6.07, 6.45) is 1.84. The maximum atomic E-state index is 11.4. The van der Waals surface area contributed by atoms with Crippen molar-refractivity contribution >= 4 is 5.97 Å². The molecule has 3 heteroatoms. The van der Waals surface area contributed by atoms with E-state index in [0.29, 0.717) is 18.2 Å². The molecule has 1 aromatic rings. The van der Waals surface area contributed by atoms with Crippen LogP contribution in [0.25, 0.3) is 0 Å². The first kappa shape index (κ1) is 17.4.